The minimum Gasteiger partial charge on any atom is -0.298 e. The van der Waals surface area contributed by atoms with Crippen LogP contribution >= 0.6 is 11.6 Å². The van der Waals surface area contributed by atoms with Gasteiger partial charge in [0.15, 0.2) is 5.78 Å². The van der Waals surface area contributed by atoms with Gasteiger partial charge < -0.3 is 0 Å². The van der Waals surface area contributed by atoms with Crippen LogP contribution in [0.3, 0.4) is 0 Å². The molecule has 1 atom stereocenters. The Kier molecular flexibility index (Phi) is 14.0. The summed E-state index contributed by atoms with van der Waals surface area (Å²) in [6.07, 6.45) is 23.1. The molecule has 0 aromatic rings. The molecule has 1 aliphatic carbocycles. The molecule has 0 aliphatic heterocycles. The molecule has 142 valence electrons. The van der Waals surface area contributed by atoms with Crippen LogP contribution in [-0.4, -0.2) is 11.2 Å². The highest BCUT2D eigenvalue weighted by molar-refractivity contribution is 6.31. The first-order valence-corrected chi connectivity index (χ1v) is 11.4. The van der Waals surface area contributed by atoms with E-state index in [1.165, 1.54) is 103 Å². The Morgan fingerprint density at radius 3 is 1.67 bits per heavy atom. The zero-order valence-electron chi connectivity index (χ0n) is 16.2. The number of unbranched alkanes of at least 4 members (excludes halogenated alkanes) is 12. The van der Waals surface area contributed by atoms with Gasteiger partial charge >= 0.3 is 0 Å². The first kappa shape index (κ1) is 22.0. The summed E-state index contributed by atoms with van der Waals surface area (Å²) in [5.41, 5.74) is 0. The van der Waals surface area contributed by atoms with Crippen molar-refractivity contribution in [2.24, 2.45) is 5.92 Å². The summed E-state index contributed by atoms with van der Waals surface area (Å²) < 4.78 is 0. The Bertz CT molecular complexity index is 296. The molecular formula is C22H41ClO. The van der Waals surface area contributed by atoms with Gasteiger partial charge in [0, 0.05) is 6.42 Å². The average molecular weight is 357 g/mol. The van der Waals surface area contributed by atoms with Crippen LogP contribution in [-0.2, 0) is 4.79 Å². The van der Waals surface area contributed by atoms with Gasteiger partial charge in [-0.05, 0) is 25.2 Å². The molecule has 0 saturated heterocycles. The number of halogens is 1. The molecule has 0 amide bonds. The summed E-state index contributed by atoms with van der Waals surface area (Å²) in [6, 6.07) is 0. The fourth-order valence-corrected chi connectivity index (χ4v) is 4.33. The standard InChI is InChI=1S/C22H41ClO/c1-2-3-4-5-6-7-8-9-10-11-12-13-14-19-21(24)22(23)20-17-15-16-18-20/h20,22H,2-19H2,1H3. The summed E-state index contributed by atoms with van der Waals surface area (Å²) in [6.45, 7) is 2.28. The Hall–Kier alpha value is -0.0400. The van der Waals surface area contributed by atoms with Crippen molar-refractivity contribution in [1.29, 1.82) is 0 Å². The summed E-state index contributed by atoms with van der Waals surface area (Å²) in [7, 11) is 0. The molecule has 1 rings (SSSR count). The molecule has 24 heavy (non-hydrogen) atoms. The van der Waals surface area contributed by atoms with Crippen LogP contribution in [0, 0.1) is 5.92 Å². The monoisotopic (exact) mass is 356 g/mol. The third-order valence-corrected chi connectivity index (χ3v) is 6.25. The van der Waals surface area contributed by atoms with Crippen molar-refractivity contribution >= 4 is 17.4 Å². The van der Waals surface area contributed by atoms with E-state index in [0.717, 1.165) is 6.42 Å². The second-order valence-corrected chi connectivity index (χ2v) is 8.38. The van der Waals surface area contributed by atoms with E-state index in [1.807, 2.05) is 0 Å². The first-order valence-electron chi connectivity index (χ1n) is 10.9. The summed E-state index contributed by atoms with van der Waals surface area (Å²) in [5.74, 6) is 0.785. The minimum absolute atomic E-state index is 0.190. The smallest absolute Gasteiger partial charge is 0.150 e. The van der Waals surface area contributed by atoms with Gasteiger partial charge in [-0.3, -0.25) is 4.79 Å². The third-order valence-electron chi connectivity index (χ3n) is 5.65. The number of rotatable bonds is 16. The lowest BCUT2D eigenvalue weighted by molar-refractivity contribution is -0.119. The Labute approximate surface area is 156 Å². The zero-order chi connectivity index (χ0) is 17.5. The zero-order valence-corrected chi connectivity index (χ0v) is 16.9. The van der Waals surface area contributed by atoms with E-state index in [2.05, 4.69) is 6.92 Å². The second kappa shape index (κ2) is 15.2. The third kappa shape index (κ3) is 10.7. The maximum atomic E-state index is 12.1. The van der Waals surface area contributed by atoms with Crippen molar-refractivity contribution in [3.63, 3.8) is 0 Å². The second-order valence-electron chi connectivity index (χ2n) is 7.91. The van der Waals surface area contributed by atoms with Crippen molar-refractivity contribution in [1.82, 2.24) is 0 Å². The lowest BCUT2D eigenvalue weighted by Crippen LogP contribution is -2.22. The Morgan fingerprint density at radius 2 is 1.21 bits per heavy atom. The van der Waals surface area contributed by atoms with Crippen LogP contribution in [0.1, 0.15) is 122 Å². The number of Topliss-reactive ketones (excluding diaryl/α,β-unsaturated/α-hetero) is 1. The molecule has 0 spiro atoms. The van der Waals surface area contributed by atoms with Crippen molar-refractivity contribution in [2.75, 3.05) is 0 Å². The molecule has 1 fully saturated rings. The van der Waals surface area contributed by atoms with Crippen LogP contribution in [0.15, 0.2) is 0 Å². The molecule has 0 bridgehead atoms. The van der Waals surface area contributed by atoms with Crippen molar-refractivity contribution in [3.05, 3.63) is 0 Å². The van der Waals surface area contributed by atoms with Gasteiger partial charge in [-0.1, -0.05) is 96.8 Å². The number of hydrogen-bond donors (Lipinski definition) is 0. The molecule has 0 aromatic heterocycles. The van der Waals surface area contributed by atoms with Gasteiger partial charge in [-0.2, -0.15) is 0 Å². The van der Waals surface area contributed by atoms with Gasteiger partial charge in [-0.15, -0.1) is 11.6 Å². The van der Waals surface area contributed by atoms with Gasteiger partial charge in [0.1, 0.15) is 0 Å². The first-order chi connectivity index (χ1) is 11.8. The SMILES string of the molecule is CCCCCCCCCCCCCCCC(=O)C(Cl)C1CCCC1. The topological polar surface area (TPSA) is 17.1 Å². The Balaban J connectivity index is 1.81. The van der Waals surface area contributed by atoms with E-state index < -0.39 is 0 Å². The fraction of sp³-hybridized carbons (Fsp3) is 0.955. The van der Waals surface area contributed by atoms with E-state index in [0.29, 0.717) is 18.1 Å². The summed E-state index contributed by atoms with van der Waals surface area (Å²) in [5, 5.41) is -0.190. The van der Waals surface area contributed by atoms with E-state index in [1.54, 1.807) is 0 Å². The van der Waals surface area contributed by atoms with Crippen LogP contribution in [0.2, 0.25) is 0 Å². The maximum Gasteiger partial charge on any atom is 0.150 e. The van der Waals surface area contributed by atoms with Crippen LogP contribution in [0.25, 0.3) is 0 Å². The number of hydrogen-bond acceptors (Lipinski definition) is 1. The highest BCUT2D eigenvalue weighted by Gasteiger charge is 2.27. The number of ketones is 1. The number of alkyl halides is 1. The largest absolute Gasteiger partial charge is 0.298 e. The van der Waals surface area contributed by atoms with Gasteiger partial charge in [-0.25, -0.2) is 0 Å². The molecule has 0 radical (unpaired) electrons. The van der Waals surface area contributed by atoms with Crippen LogP contribution in [0.4, 0.5) is 0 Å². The van der Waals surface area contributed by atoms with E-state index in [4.69, 9.17) is 11.6 Å². The van der Waals surface area contributed by atoms with Crippen molar-refractivity contribution in [2.45, 2.75) is 128 Å². The molecular weight excluding hydrogens is 316 g/mol. The molecule has 1 aliphatic rings. The van der Waals surface area contributed by atoms with E-state index >= 15 is 0 Å². The minimum atomic E-state index is -0.190. The predicted molar refractivity (Wildman–Crippen MR) is 107 cm³/mol. The number of carbonyl (C=O) groups is 1. The van der Waals surface area contributed by atoms with Gasteiger partial charge in [0.05, 0.1) is 5.38 Å². The number of carbonyl (C=O) groups excluding carboxylic acids is 1. The predicted octanol–water partition coefficient (Wildman–Crippen LogP) is 7.83. The van der Waals surface area contributed by atoms with Crippen molar-refractivity contribution < 1.29 is 4.79 Å². The summed E-state index contributed by atoms with van der Waals surface area (Å²) in [4.78, 5) is 12.1. The van der Waals surface area contributed by atoms with E-state index in [-0.39, 0.29) is 5.38 Å². The van der Waals surface area contributed by atoms with Gasteiger partial charge in [0.25, 0.3) is 0 Å². The molecule has 1 saturated carbocycles. The van der Waals surface area contributed by atoms with E-state index in [9.17, 15) is 4.79 Å². The maximum absolute atomic E-state index is 12.1. The molecule has 2 heteroatoms. The average Bonchev–Trinajstić information content (AvgIpc) is 3.12. The highest BCUT2D eigenvalue weighted by Crippen LogP contribution is 2.31. The quantitative estimate of drug-likeness (QED) is 0.203. The normalized spacial score (nSPS) is 16.6. The lowest BCUT2D eigenvalue weighted by atomic mass is 9.97. The molecule has 1 unspecified atom stereocenters. The fourth-order valence-electron chi connectivity index (χ4n) is 3.97. The molecule has 0 N–H and O–H groups in total. The van der Waals surface area contributed by atoms with Crippen LogP contribution < -0.4 is 0 Å². The Morgan fingerprint density at radius 1 is 0.792 bits per heavy atom. The summed E-state index contributed by atoms with van der Waals surface area (Å²) >= 11 is 6.34. The molecule has 1 nitrogen and oxygen atoms in total. The van der Waals surface area contributed by atoms with Gasteiger partial charge in [0.2, 0.25) is 0 Å². The molecule has 0 aromatic carbocycles. The molecule has 0 heterocycles. The highest BCUT2D eigenvalue weighted by atomic mass is 35.5. The van der Waals surface area contributed by atoms with Crippen LogP contribution in [0.5, 0.6) is 0 Å². The lowest BCUT2D eigenvalue weighted by Gasteiger charge is -2.15. The van der Waals surface area contributed by atoms with Crippen molar-refractivity contribution in [3.8, 4) is 0 Å².